The zero-order valence-corrected chi connectivity index (χ0v) is 11.9. The molecule has 3 rings (SSSR count). The monoisotopic (exact) mass is 308 g/mol. The van der Waals surface area contributed by atoms with Crippen LogP contribution in [0.1, 0.15) is 5.76 Å². The Morgan fingerprint density at radius 3 is 2.74 bits per heavy atom. The highest BCUT2D eigenvalue weighted by atomic mass is 16.6. The summed E-state index contributed by atoms with van der Waals surface area (Å²) in [4.78, 5) is 22.1. The van der Waals surface area contributed by atoms with Crippen molar-refractivity contribution in [1.82, 2.24) is 0 Å². The van der Waals surface area contributed by atoms with Gasteiger partial charge in [-0.3, -0.25) is 14.9 Å². The van der Waals surface area contributed by atoms with E-state index in [1.54, 1.807) is 12.1 Å². The number of nitrogens with one attached hydrogen (secondary N) is 1. The molecule has 2 aromatic carbocycles. The van der Waals surface area contributed by atoms with Gasteiger partial charge < -0.3 is 9.73 Å². The minimum Gasteiger partial charge on any atom is -0.457 e. The maximum absolute atomic E-state index is 11.9. The predicted molar refractivity (Wildman–Crippen MR) is 87.0 cm³/mol. The molecule has 0 spiro atoms. The number of para-hydroxylation sites is 1. The third-order valence-electron chi connectivity index (χ3n) is 3.17. The molecule has 3 aromatic rings. The normalized spacial score (nSPS) is 11.0. The Morgan fingerprint density at radius 1 is 1.13 bits per heavy atom. The Bertz CT molecular complexity index is 879. The van der Waals surface area contributed by atoms with Crippen molar-refractivity contribution in [2.75, 3.05) is 5.32 Å². The molecular formula is C17H12N2O4. The average molecular weight is 308 g/mol. The van der Waals surface area contributed by atoms with E-state index < -0.39 is 10.8 Å². The number of furan rings is 1. The van der Waals surface area contributed by atoms with E-state index in [9.17, 15) is 14.9 Å². The van der Waals surface area contributed by atoms with Crippen molar-refractivity contribution in [2.24, 2.45) is 0 Å². The number of hydrogen-bond acceptors (Lipinski definition) is 4. The number of nitro benzene ring substituents is 1. The first-order valence-electron chi connectivity index (χ1n) is 6.84. The summed E-state index contributed by atoms with van der Waals surface area (Å²) < 4.78 is 5.56. The van der Waals surface area contributed by atoms with Crippen molar-refractivity contribution < 1.29 is 14.1 Å². The molecular weight excluding hydrogens is 296 g/mol. The third-order valence-corrected chi connectivity index (χ3v) is 3.17. The standard InChI is InChI=1S/C17H12N2O4/c20-17(18-13-5-3-6-14(11-13)19(21)22)9-8-15-10-12-4-1-2-7-16(12)23-15/h1-11H,(H,18,20)/b9-8+. The van der Waals surface area contributed by atoms with Crippen LogP contribution in [0.25, 0.3) is 17.0 Å². The minimum absolute atomic E-state index is 0.0796. The van der Waals surface area contributed by atoms with Gasteiger partial charge in [-0.05, 0) is 24.3 Å². The molecule has 0 saturated carbocycles. The number of non-ortho nitro benzene ring substituents is 1. The summed E-state index contributed by atoms with van der Waals surface area (Å²) in [5, 5.41) is 14.2. The summed E-state index contributed by atoms with van der Waals surface area (Å²) in [6, 6.07) is 15.1. The van der Waals surface area contributed by atoms with Gasteiger partial charge in [-0.1, -0.05) is 24.3 Å². The number of nitrogens with zero attached hydrogens (tertiary/aromatic N) is 1. The number of hydrogen-bond donors (Lipinski definition) is 1. The molecule has 0 unspecified atom stereocenters. The lowest BCUT2D eigenvalue weighted by Crippen LogP contribution is -2.07. The molecule has 0 fully saturated rings. The number of nitro groups is 1. The smallest absolute Gasteiger partial charge is 0.271 e. The molecule has 0 saturated heterocycles. The van der Waals surface area contributed by atoms with Gasteiger partial charge in [0.15, 0.2) is 0 Å². The Kier molecular flexibility index (Phi) is 3.88. The number of rotatable bonds is 4. The van der Waals surface area contributed by atoms with Crippen LogP contribution in [-0.4, -0.2) is 10.8 Å². The van der Waals surface area contributed by atoms with Crippen molar-refractivity contribution in [3.05, 3.63) is 76.5 Å². The van der Waals surface area contributed by atoms with Crippen LogP contribution in [0.15, 0.2) is 65.1 Å². The summed E-state index contributed by atoms with van der Waals surface area (Å²) >= 11 is 0. The van der Waals surface area contributed by atoms with Crippen molar-refractivity contribution in [3.63, 3.8) is 0 Å². The number of anilines is 1. The second kappa shape index (κ2) is 6.15. The zero-order valence-electron chi connectivity index (χ0n) is 11.9. The molecule has 6 heteroatoms. The van der Waals surface area contributed by atoms with E-state index >= 15 is 0 Å². The van der Waals surface area contributed by atoms with Gasteiger partial charge in [-0.15, -0.1) is 0 Å². The van der Waals surface area contributed by atoms with Crippen molar-refractivity contribution in [1.29, 1.82) is 0 Å². The van der Waals surface area contributed by atoms with E-state index in [-0.39, 0.29) is 5.69 Å². The fourth-order valence-corrected chi connectivity index (χ4v) is 2.12. The molecule has 1 N–H and O–H groups in total. The minimum atomic E-state index is -0.514. The number of benzene rings is 2. The molecule has 0 aliphatic rings. The molecule has 0 atom stereocenters. The molecule has 0 aliphatic carbocycles. The van der Waals surface area contributed by atoms with Crippen LogP contribution in [0.4, 0.5) is 11.4 Å². The van der Waals surface area contributed by atoms with Crippen LogP contribution in [0.5, 0.6) is 0 Å². The van der Waals surface area contributed by atoms with Crippen molar-refractivity contribution in [3.8, 4) is 0 Å². The molecule has 0 aliphatic heterocycles. The fourth-order valence-electron chi connectivity index (χ4n) is 2.12. The number of carbonyl (C=O) groups excluding carboxylic acids is 1. The molecule has 114 valence electrons. The molecule has 1 heterocycles. The Labute approximate surface area is 131 Å². The lowest BCUT2D eigenvalue weighted by Gasteiger charge is -2.01. The van der Waals surface area contributed by atoms with Gasteiger partial charge in [0.05, 0.1) is 4.92 Å². The van der Waals surface area contributed by atoms with E-state index in [4.69, 9.17) is 4.42 Å². The van der Waals surface area contributed by atoms with E-state index in [1.165, 1.54) is 24.3 Å². The van der Waals surface area contributed by atoms with Gasteiger partial charge in [0, 0.05) is 29.3 Å². The van der Waals surface area contributed by atoms with Gasteiger partial charge >= 0.3 is 0 Å². The first kappa shape index (κ1) is 14.5. The SMILES string of the molecule is O=C(/C=C/c1cc2ccccc2o1)Nc1cccc([N+](=O)[O-])c1. The largest absolute Gasteiger partial charge is 0.457 e. The number of carbonyl (C=O) groups is 1. The van der Waals surface area contributed by atoms with Crippen LogP contribution in [0.3, 0.4) is 0 Å². The molecule has 1 aromatic heterocycles. The quantitative estimate of drug-likeness (QED) is 0.448. The van der Waals surface area contributed by atoms with E-state index in [1.807, 2.05) is 30.3 Å². The van der Waals surface area contributed by atoms with Crippen LogP contribution >= 0.6 is 0 Å². The Hall–Kier alpha value is -3.41. The zero-order chi connectivity index (χ0) is 16.2. The van der Waals surface area contributed by atoms with Gasteiger partial charge in [0.2, 0.25) is 5.91 Å². The first-order chi connectivity index (χ1) is 11.1. The summed E-state index contributed by atoms with van der Waals surface area (Å²) in [7, 11) is 0. The van der Waals surface area contributed by atoms with E-state index in [0.717, 1.165) is 11.0 Å². The Morgan fingerprint density at radius 2 is 1.96 bits per heavy atom. The highest BCUT2D eigenvalue weighted by molar-refractivity contribution is 6.02. The lowest BCUT2D eigenvalue weighted by atomic mass is 10.2. The average Bonchev–Trinajstić information content (AvgIpc) is 2.96. The maximum atomic E-state index is 11.9. The number of fused-ring (bicyclic) bond motifs is 1. The highest BCUT2D eigenvalue weighted by Gasteiger charge is 2.07. The molecule has 0 radical (unpaired) electrons. The maximum Gasteiger partial charge on any atom is 0.271 e. The first-order valence-corrected chi connectivity index (χ1v) is 6.84. The van der Waals surface area contributed by atoms with Crippen LogP contribution < -0.4 is 5.32 Å². The summed E-state index contributed by atoms with van der Waals surface area (Å²) in [5.41, 5.74) is 1.02. The summed E-state index contributed by atoms with van der Waals surface area (Å²) in [6.45, 7) is 0. The molecule has 23 heavy (non-hydrogen) atoms. The van der Waals surface area contributed by atoms with Crippen LogP contribution in [0.2, 0.25) is 0 Å². The van der Waals surface area contributed by atoms with Crippen LogP contribution in [-0.2, 0) is 4.79 Å². The van der Waals surface area contributed by atoms with Gasteiger partial charge in [0.25, 0.3) is 5.69 Å². The third kappa shape index (κ3) is 3.44. The van der Waals surface area contributed by atoms with E-state index in [2.05, 4.69) is 5.32 Å². The second-order valence-electron chi connectivity index (χ2n) is 4.82. The van der Waals surface area contributed by atoms with Gasteiger partial charge in [0.1, 0.15) is 11.3 Å². The predicted octanol–water partition coefficient (Wildman–Crippen LogP) is 3.99. The summed E-state index contributed by atoms with van der Waals surface area (Å²) in [5.74, 6) is 0.159. The lowest BCUT2D eigenvalue weighted by molar-refractivity contribution is -0.384. The van der Waals surface area contributed by atoms with Crippen molar-refractivity contribution in [2.45, 2.75) is 0 Å². The van der Waals surface area contributed by atoms with Gasteiger partial charge in [-0.2, -0.15) is 0 Å². The van der Waals surface area contributed by atoms with E-state index in [0.29, 0.717) is 11.4 Å². The summed E-state index contributed by atoms with van der Waals surface area (Å²) in [6.07, 6.45) is 2.86. The number of amides is 1. The van der Waals surface area contributed by atoms with Crippen LogP contribution in [0, 0.1) is 10.1 Å². The fraction of sp³-hybridized carbons (Fsp3) is 0. The molecule has 0 bridgehead atoms. The topological polar surface area (TPSA) is 85.4 Å². The van der Waals surface area contributed by atoms with Gasteiger partial charge in [-0.25, -0.2) is 0 Å². The second-order valence-corrected chi connectivity index (χ2v) is 4.82. The molecule has 6 nitrogen and oxygen atoms in total. The van der Waals surface area contributed by atoms with Crippen molar-refractivity contribution >= 4 is 34.3 Å². The molecule has 1 amide bonds. The Balaban J connectivity index is 1.71. The highest BCUT2D eigenvalue weighted by Crippen LogP contribution is 2.20.